The van der Waals surface area contributed by atoms with E-state index in [4.69, 9.17) is 0 Å². The fraction of sp³-hybridized carbons (Fsp3) is 0.667. The zero-order valence-electron chi connectivity index (χ0n) is 10.2. The van der Waals surface area contributed by atoms with E-state index < -0.39 is 0 Å². The highest BCUT2D eigenvalue weighted by molar-refractivity contribution is 5.75. The van der Waals surface area contributed by atoms with Gasteiger partial charge in [0.1, 0.15) is 0 Å². The number of H-pyrrole nitrogens is 1. The third-order valence-electron chi connectivity index (χ3n) is 2.64. The molecule has 0 saturated carbocycles. The predicted molar refractivity (Wildman–Crippen MR) is 64.2 cm³/mol. The molecule has 0 unspecified atom stereocenters. The van der Waals surface area contributed by atoms with Crippen molar-refractivity contribution in [3.63, 3.8) is 0 Å². The maximum absolute atomic E-state index is 11.3. The molecular weight excluding hydrogens is 202 g/mol. The quantitative estimate of drug-likeness (QED) is 0.694. The van der Waals surface area contributed by atoms with Crippen LogP contribution in [0.5, 0.6) is 0 Å². The number of hydrogen-bond acceptors (Lipinski definition) is 2. The van der Waals surface area contributed by atoms with E-state index in [0.29, 0.717) is 6.42 Å². The second-order valence-electron chi connectivity index (χ2n) is 4.08. The van der Waals surface area contributed by atoms with Gasteiger partial charge in [0.25, 0.3) is 0 Å². The molecule has 0 bridgehead atoms. The lowest BCUT2D eigenvalue weighted by Crippen LogP contribution is -2.24. The summed E-state index contributed by atoms with van der Waals surface area (Å²) in [5, 5.41) is 9.80. The van der Waals surface area contributed by atoms with Crippen LogP contribution in [0.15, 0.2) is 6.20 Å². The molecule has 0 saturated heterocycles. The van der Waals surface area contributed by atoms with Crippen LogP contribution in [-0.4, -0.2) is 22.6 Å². The molecule has 0 spiro atoms. The Morgan fingerprint density at radius 3 is 2.94 bits per heavy atom. The number of aromatic nitrogens is 2. The Kier molecular flexibility index (Phi) is 5.61. The van der Waals surface area contributed by atoms with E-state index in [0.717, 1.165) is 37.9 Å². The van der Waals surface area contributed by atoms with Crippen LogP contribution in [0.3, 0.4) is 0 Å². The largest absolute Gasteiger partial charge is 0.356 e. The lowest BCUT2D eigenvalue weighted by atomic mass is 10.1. The van der Waals surface area contributed by atoms with E-state index in [2.05, 4.69) is 22.4 Å². The Morgan fingerprint density at radius 2 is 2.31 bits per heavy atom. The molecule has 1 aromatic heterocycles. The molecule has 0 aliphatic carbocycles. The smallest absolute Gasteiger partial charge is 0.219 e. The molecule has 0 aromatic carbocycles. The molecule has 1 amide bonds. The number of hydrogen-bond donors (Lipinski definition) is 2. The third kappa shape index (κ3) is 4.47. The van der Waals surface area contributed by atoms with Gasteiger partial charge in [-0.05, 0) is 31.7 Å². The van der Waals surface area contributed by atoms with Gasteiger partial charge < -0.3 is 5.32 Å². The van der Waals surface area contributed by atoms with Crippen molar-refractivity contribution in [2.45, 2.75) is 46.0 Å². The zero-order valence-corrected chi connectivity index (χ0v) is 10.2. The second-order valence-corrected chi connectivity index (χ2v) is 4.08. The van der Waals surface area contributed by atoms with Crippen molar-refractivity contribution in [3.05, 3.63) is 17.5 Å². The minimum Gasteiger partial charge on any atom is -0.356 e. The van der Waals surface area contributed by atoms with Gasteiger partial charge in [0, 0.05) is 18.7 Å². The van der Waals surface area contributed by atoms with Crippen LogP contribution in [0.25, 0.3) is 0 Å². The molecule has 2 N–H and O–H groups in total. The number of amides is 1. The summed E-state index contributed by atoms with van der Waals surface area (Å²) in [6, 6.07) is 0. The maximum Gasteiger partial charge on any atom is 0.219 e. The van der Waals surface area contributed by atoms with Crippen molar-refractivity contribution in [2.75, 3.05) is 6.54 Å². The lowest BCUT2D eigenvalue weighted by molar-refractivity contribution is -0.121. The Hall–Kier alpha value is -1.32. The molecule has 1 rings (SSSR count). The molecule has 16 heavy (non-hydrogen) atoms. The lowest BCUT2D eigenvalue weighted by Gasteiger charge is -2.04. The summed E-state index contributed by atoms with van der Waals surface area (Å²) in [5.74, 6) is 0.172. The highest BCUT2D eigenvalue weighted by atomic mass is 16.1. The molecule has 0 fully saturated rings. The minimum absolute atomic E-state index is 0.172. The van der Waals surface area contributed by atoms with Crippen LogP contribution >= 0.6 is 0 Å². The Morgan fingerprint density at radius 1 is 1.50 bits per heavy atom. The van der Waals surface area contributed by atoms with Crippen LogP contribution in [0, 0.1) is 6.92 Å². The number of rotatable bonds is 7. The van der Waals surface area contributed by atoms with Gasteiger partial charge in [-0.1, -0.05) is 13.3 Å². The van der Waals surface area contributed by atoms with E-state index >= 15 is 0 Å². The number of aryl methyl sites for hydroxylation is 2. The van der Waals surface area contributed by atoms with Gasteiger partial charge in [0.2, 0.25) is 5.91 Å². The zero-order chi connectivity index (χ0) is 11.8. The summed E-state index contributed by atoms with van der Waals surface area (Å²) in [6.07, 6.45) is 6.50. The molecule has 90 valence electrons. The fourth-order valence-electron chi connectivity index (χ4n) is 1.56. The summed E-state index contributed by atoms with van der Waals surface area (Å²) in [4.78, 5) is 11.3. The van der Waals surface area contributed by atoms with Crippen molar-refractivity contribution < 1.29 is 4.79 Å². The summed E-state index contributed by atoms with van der Waals surface area (Å²) in [5.41, 5.74) is 2.36. The van der Waals surface area contributed by atoms with Gasteiger partial charge in [0.05, 0.1) is 6.20 Å². The van der Waals surface area contributed by atoms with Crippen LogP contribution in [0.1, 0.15) is 43.9 Å². The van der Waals surface area contributed by atoms with Crippen LogP contribution in [-0.2, 0) is 11.2 Å². The number of nitrogens with one attached hydrogen (secondary N) is 2. The molecule has 0 aliphatic heterocycles. The Balaban J connectivity index is 2.08. The van der Waals surface area contributed by atoms with Gasteiger partial charge in [-0.3, -0.25) is 9.89 Å². The van der Waals surface area contributed by atoms with Crippen molar-refractivity contribution in [3.8, 4) is 0 Å². The number of aromatic amines is 1. The number of unbranched alkanes of at least 4 members (excludes halogenated alkanes) is 1. The third-order valence-corrected chi connectivity index (χ3v) is 2.64. The second kappa shape index (κ2) is 7.04. The highest BCUT2D eigenvalue weighted by Gasteiger charge is 2.01. The summed E-state index contributed by atoms with van der Waals surface area (Å²) in [6.45, 7) is 4.87. The first kappa shape index (κ1) is 12.7. The van der Waals surface area contributed by atoms with Crippen molar-refractivity contribution in [2.24, 2.45) is 0 Å². The van der Waals surface area contributed by atoms with Gasteiger partial charge in [-0.2, -0.15) is 5.10 Å². The van der Waals surface area contributed by atoms with E-state index in [-0.39, 0.29) is 5.91 Å². The molecule has 1 heterocycles. The molecule has 4 heteroatoms. The predicted octanol–water partition coefficient (Wildman–Crippen LogP) is 1.96. The van der Waals surface area contributed by atoms with E-state index in [1.807, 2.05) is 13.1 Å². The number of carbonyl (C=O) groups is 1. The minimum atomic E-state index is 0.172. The normalized spacial score (nSPS) is 10.4. The SMILES string of the molecule is CCCCC(=O)NCCCc1cn[nH]c1C. The van der Waals surface area contributed by atoms with E-state index in [9.17, 15) is 4.79 Å². The molecule has 4 nitrogen and oxygen atoms in total. The van der Waals surface area contributed by atoms with Crippen LogP contribution < -0.4 is 5.32 Å². The maximum atomic E-state index is 11.3. The average molecular weight is 223 g/mol. The first-order chi connectivity index (χ1) is 7.74. The number of carbonyl (C=O) groups excluding carboxylic acids is 1. The van der Waals surface area contributed by atoms with Gasteiger partial charge in [-0.15, -0.1) is 0 Å². The van der Waals surface area contributed by atoms with E-state index in [1.54, 1.807) is 0 Å². The standard InChI is InChI=1S/C12H21N3O/c1-3-4-7-12(16)13-8-5-6-11-9-14-15-10(11)2/h9H,3-8H2,1-2H3,(H,13,16)(H,14,15). The van der Waals surface area contributed by atoms with Gasteiger partial charge >= 0.3 is 0 Å². The summed E-state index contributed by atoms with van der Waals surface area (Å²) >= 11 is 0. The van der Waals surface area contributed by atoms with Gasteiger partial charge in [-0.25, -0.2) is 0 Å². The first-order valence-electron chi connectivity index (χ1n) is 5.99. The monoisotopic (exact) mass is 223 g/mol. The summed E-state index contributed by atoms with van der Waals surface area (Å²) < 4.78 is 0. The van der Waals surface area contributed by atoms with Crippen LogP contribution in [0.4, 0.5) is 0 Å². The molecule has 0 atom stereocenters. The molecule has 0 aliphatic rings. The topological polar surface area (TPSA) is 57.8 Å². The number of nitrogens with zero attached hydrogens (tertiary/aromatic N) is 1. The fourth-order valence-corrected chi connectivity index (χ4v) is 1.56. The van der Waals surface area contributed by atoms with Crippen molar-refractivity contribution in [1.82, 2.24) is 15.5 Å². The Bertz CT molecular complexity index is 320. The van der Waals surface area contributed by atoms with Crippen molar-refractivity contribution >= 4 is 5.91 Å². The van der Waals surface area contributed by atoms with E-state index in [1.165, 1.54) is 5.56 Å². The first-order valence-corrected chi connectivity index (χ1v) is 5.99. The van der Waals surface area contributed by atoms with Crippen LogP contribution in [0.2, 0.25) is 0 Å². The molecule has 0 radical (unpaired) electrons. The van der Waals surface area contributed by atoms with Gasteiger partial charge in [0.15, 0.2) is 0 Å². The highest BCUT2D eigenvalue weighted by Crippen LogP contribution is 2.05. The molecular formula is C12H21N3O. The van der Waals surface area contributed by atoms with Crippen molar-refractivity contribution in [1.29, 1.82) is 0 Å². The average Bonchev–Trinajstić information content (AvgIpc) is 2.67. The Labute approximate surface area is 96.8 Å². The molecule has 1 aromatic rings. The summed E-state index contributed by atoms with van der Waals surface area (Å²) in [7, 11) is 0.